The van der Waals surface area contributed by atoms with Crippen molar-refractivity contribution in [2.24, 2.45) is 0 Å². The molecule has 0 spiro atoms. The molecule has 8 heteroatoms. The SMILES string of the molecule is SCCCCCCOc1ccc(-c2c3nc(c(-c4ccccc4)c4ccc([nH]4)c(-c4ccc(OCCCCCCS)cc4)c4nc(c(-c5ccccc5)c5ccc2[nH]5)C=C4)C=C3)cc1. The van der Waals surface area contributed by atoms with E-state index < -0.39 is 0 Å². The minimum atomic E-state index is 0.697. The van der Waals surface area contributed by atoms with Crippen molar-refractivity contribution in [3.8, 4) is 56.0 Å². The van der Waals surface area contributed by atoms with E-state index in [-0.39, 0.29) is 0 Å². The van der Waals surface area contributed by atoms with Gasteiger partial charge in [0.05, 0.1) is 36.0 Å². The molecule has 5 heterocycles. The molecule has 2 aliphatic heterocycles. The number of rotatable bonds is 18. The summed E-state index contributed by atoms with van der Waals surface area (Å²) in [6.07, 6.45) is 17.6. The maximum Gasteiger partial charge on any atom is 0.119 e. The number of fused-ring (bicyclic) bond motifs is 8. The summed E-state index contributed by atoms with van der Waals surface area (Å²) >= 11 is 8.70. The number of thiol groups is 2. The molecule has 0 saturated carbocycles. The van der Waals surface area contributed by atoms with Crippen LogP contribution in [0.3, 0.4) is 0 Å². The van der Waals surface area contributed by atoms with Gasteiger partial charge in [0.25, 0.3) is 0 Å². The average Bonchev–Trinajstić information content (AvgIpc) is 4.19. The summed E-state index contributed by atoms with van der Waals surface area (Å²) in [5.41, 5.74) is 15.6. The molecule has 0 saturated heterocycles. The van der Waals surface area contributed by atoms with E-state index in [0.29, 0.717) is 13.2 Å². The Hall–Kier alpha value is -6.22. The number of hydrogen-bond donors (Lipinski definition) is 4. The van der Waals surface area contributed by atoms with Gasteiger partial charge in [0.15, 0.2) is 0 Å². The lowest BCUT2D eigenvalue weighted by Crippen LogP contribution is -1.97. The third kappa shape index (κ3) is 9.94. The van der Waals surface area contributed by atoms with Crippen molar-refractivity contribution in [3.63, 3.8) is 0 Å². The van der Waals surface area contributed by atoms with Crippen molar-refractivity contribution in [3.05, 3.63) is 156 Å². The number of ether oxygens (including phenoxy) is 2. The third-order valence-corrected chi connectivity index (χ3v) is 12.4. The number of nitrogens with zero attached hydrogens (tertiary/aromatic N) is 2. The molecular formula is C56H54N4O2S2. The number of unbranched alkanes of at least 4 members (excludes halogenated alkanes) is 6. The molecule has 0 atom stereocenters. The molecule has 3 aromatic heterocycles. The van der Waals surface area contributed by atoms with Crippen LogP contribution >= 0.6 is 25.3 Å². The fourth-order valence-corrected chi connectivity index (χ4v) is 9.03. The van der Waals surface area contributed by atoms with Gasteiger partial charge in [-0.05, 0) is 132 Å². The normalized spacial score (nSPS) is 11.9. The smallest absolute Gasteiger partial charge is 0.119 e. The van der Waals surface area contributed by atoms with E-state index >= 15 is 0 Å². The maximum absolute atomic E-state index is 6.19. The van der Waals surface area contributed by atoms with Gasteiger partial charge in [-0.25, -0.2) is 9.97 Å². The second-order valence-corrected chi connectivity index (χ2v) is 17.2. The predicted octanol–water partition coefficient (Wildman–Crippen LogP) is 15.1. The third-order valence-electron chi connectivity index (χ3n) is 11.8. The van der Waals surface area contributed by atoms with Crippen LogP contribution in [0.25, 0.3) is 90.9 Å². The summed E-state index contributed by atoms with van der Waals surface area (Å²) in [5, 5.41) is 0. The molecule has 322 valence electrons. The minimum Gasteiger partial charge on any atom is -0.494 e. The number of aromatic nitrogens is 4. The first-order chi connectivity index (χ1) is 31.7. The Morgan fingerprint density at radius 2 is 0.656 bits per heavy atom. The standard InChI is InChI=1S/C56H54N4O2S2/c63-37-13-3-1-11-35-61-43-23-19-41(20-24-43)55-49-31-27-45(57-49)53(39-15-7-5-8-16-39)47-29-33-51(59-47)56(42-21-25-44(26-22-42)62-36-12-2-4-14-38-64)52-34-30-48(60-52)54(40-17-9-6-10-18-40)46-28-32-50(55)58-46/h5-10,15-34,57,60,63-64H,1-4,11-14,35-38H2. The first-order valence-corrected chi connectivity index (χ1v) is 23.9. The van der Waals surface area contributed by atoms with Crippen LogP contribution in [0.2, 0.25) is 0 Å². The molecule has 2 N–H and O–H groups in total. The van der Waals surface area contributed by atoms with Crippen LogP contribution in [0.4, 0.5) is 0 Å². The highest BCUT2D eigenvalue weighted by Gasteiger charge is 2.19. The van der Waals surface area contributed by atoms with Gasteiger partial charge < -0.3 is 19.4 Å². The lowest BCUT2D eigenvalue weighted by atomic mass is 10.0. The first-order valence-electron chi connectivity index (χ1n) is 22.6. The summed E-state index contributed by atoms with van der Waals surface area (Å²) in [6.45, 7) is 1.39. The largest absolute Gasteiger partial charge is 0.494 e. The van der Waals surface area contributed by atoms with E-state index in [0.717, 1.165) is 151 Å². The molecule has 0 unspecified atom stereocenters. The van der Waals surface area contributed by atoms with Crippen molar-refractivity contribution in [2.75, 3.05) is 24.7 Å². The molecule has 2 aliphatic rings. The van der Waals surface area contributed by atoms with Gasteiger partial charge in [-0.3, -0.25) is 0 Å². The van der Waals surface area contributed by atoms with Gasteiger partial charge in [0.2, 0.25) is 0 Å². The zero-order valence-corrected chi connectivity index (χ0v) is 37.9. The van der Waals surface area contributed by atoms with E-state index in [1.54, 1.807) is 0 Å². The van der Waals surface area contributed by atoms with Crippen molar-refractivity contribution >= 4 is 71.6 Å². The molecule has 64 heavy (non-hydrogen) atoms. The van der Waals surface area contributed by atoms with Crippen LogP contribution in [0.1, 0.15) is 74.1 Å². The monoisotopic (exact) mass is 878 g/mol. The molecule has 9 rings (SSSR count). The summed E-state index contributed by atoms with van der Waals surface area (Å²) in [4.78, 5) is 18.6. The van der Waals surface area contributed by atoms with Crippen molar-refractivity contribution in [2.45, 2.75) is 51.4 Å². The van der Waals surface area contributed by atoms with Crippen LogP contribution in [0, 0.1) is 0 Å². The highest BCUT2D eigenvalue weighted by atomic mass is 32.1. The molecule has 8 bridgehead atoms. The van der Waals surface area contributed by atoms with Gasteiger partial charge in [0, 0.05) is 44.3 Å². The number of benzene rings is 4. The zero-order valence-electron chi connectivity index (χ0n) is 36.1. The molecule has 4 aromatic carbocycles. The van der Waals surface area contributed by atoms with Crippen molar-refractivity contribution in [1.29, 1.82) is 0 Å². The first kappa shape index (κ1) is 43.1. The van der Waals surface area contributed by atoms with E-state index in [2.05, 4.69) is 193 Å². The van der Waals surface area contributed by atoms with Crippen LogP contribution < -0.4 is 9.47 Å². The quantitative estimate of drug-likeness (QED) is 0.0512. The topological polar surface area (TPSA) is 75.8 Å². The molecule has 0 aliphatic carbocycles. The van der Waals surface area contributed by atoms with Gasteiger partial charge in [-0.2, -0.15) is 25.3 Å². The molecule has 7 aromatic rings. The van der Waals surface area contributed by atoms with Crippen LogP contribution in [0.5, 0.6) is 11.5 Å². The average molecular weight is 879 g/mol. The summed E-state index contributed by atoms with van der Waals surface area (Å²) in [5.74, 6) is 3.59. The fraction of sp³-hybridized carbons (Fsp3) is 0.214. The number of nitrogens with one attached hydrogen (secondary N) is 2. The maximum atomic E-state index is 6.19. The fourth-order valence-electron chi connectivity index (χ4n) is 8.58. The van der Waals surface area contributed by atoms with E-state index in [1.165, 1.54) is 12.8 Å². The number of hydrogen-bond acceptors (Lipinski definition) is 6. The Bertz CT molecular complexity index is 2700. The molecule has 0 amide bonds. The number of aromatic amines is 2. The summed E-state index contributed by atoms with van der Waals surface area (Å²) < 4.78 is 12.4. The van der Waals surface area contributed by atoms with Crippen LogP contribution in [-0.4, -0.2) is 44.7 Å². The lowest BCUT2D eigenvalue weighted by Gasteiger charge is -2.09. The molecule has 0 fully saturated rings. The summed E-state index contributed by atoms with van der Waals surface area (Å²) in [7, 11) is 0. The minimum absolute atomic E-state index is 0.697. The number of H-pyrrole nitrogens is 2. The zero-order chi connectivity index (χ0) is 43.5. The van der Waals surface area contributed by atoms with E-state index in [1.807, 2.05) is 0 Å². The van der Waals surface area contributed by atoms with E-state index in [9.17, 15) is 0 Å². The second-order valence-electron chi connectivity index (χ2n) is 16.3. The summed E-state index contributed by atoms with van der Waals surface area (Å²) in [6, 6.07) is 46.6. The van der Waals surface area contributed by atoms with Gasteiger partial charge >= 0.3 is 0 Å². The van der Waals surface area contributed by atoms with Gasteiger partial charge in [-0.15, -0.1) is 0 Å². The molecule has 0 radical (unpaired) electrons. The molecule has 6 nitrogen and oxygen atoms in total. The van der Waals surface area contributed by atoms with E-state index in [4.69, 9.17) is 19.4 Å². The Labute approximate surface area is 387 Å². The second kappa shape index (κ2) is 21.0. The Morgan fingerprint density at radius 1 is 0.344 bits per heavy atom. The van der Waals surface area contributed by atoms with Crippen molar-refractivity contribution in [1.82, 2.24) is 19.9 Å². The van der Waals surface area contributed by atoms with Crippen molar-refractivity contribution < 1.29 is 9.47 Å². The van der Waals surface area contributed by atoms with Crippen LogP contribution in [0.15, 0.2) is 133 Å². The lowest BCUT2D eigenvalue weighted by molar-refractivity contribution is 0.305. The highest BCUT2D eigenvalue weighted by molar-refractivity contribution is 7.80. The Balaban J connectivity index is 1.23. The van der Waals surface area contributed by atoms with Crippen LogP contribution in [-0.2, 0) is 0 Å². The van der Waals surface area contributed by atoms with Gasteiger partial charge in [-0.1, -0.05) is 111 Å². The molecular weight excluding hydrogens is 825 g/mol. The highest BCUT2D eigenvalue weighted by Crippen LogP contribution is 2.39. The predicted molar refractivity (Wildman–Crippen MR) is 276 cm³/mol. The van der Waals surface area contributed by atoms with Gasteiger partial charge in [0.1, 0.15) is 11.5 Å². The Morgan fingerprint density at radius 3 is 0.984 bits per heavy atom. The Kier molecular flexibility index (Phi) is 14.1.